The zero-order valence-electron chi connectivity index (χ0n) is 10.5. The third-order valence-electron chi connectivity index (χ3n) is 3.08. The molecule has 1 aliphatic heterocycles. The summed E-state index contributed by atoms with van der Waals surface area (Å²) < 4.78 is 16.4. The molecule has 1 aromatic carbocycles. The fourth-order valence-corrected chi connectivity index (χ4v) is 2.06. The van der Waals surface area contributed by atoms with Crippen LogP contribution in [0, 0.1) is 0 Å². The highest BCUT2D eigenvalue weighted by Gasteiger charge is 2.20. The molecule has 1 N–H and O–H groups in total. The fourth-order valence-electron chi connectivity index (χ4n) is 2.06. The van der Waals surface area contributed by atoms with Crippen LogP contribution in [-0.4, -0.2) is 33.5 Å². The van der Waals surface area contributed by atoms with Crippen molar-refractivity contribution in [3.63, 3.8) is 0 Å². The van der Waals surface area contributed by atoms with Crippen molar-refractivity contribution in [1.29, 1.82) is 0 Å². The Balaban J connectivity index is 2.25. The Bertz CT molecular complexity index is 381. The van der Waals surface area contributed by atoms with Crippen molar-refractivity contribution >= 4 is 0 Å². The second-order valence-corrected chi connectivity index (χ2v) is 4.11. The Hall–Kier alpha value is -1.26. The molecule has 0 fully saturated rings. The molecule has 0 aromatic heterocycles. The van der Waals surface area contributed by atoms with Crippen LogP contribution in [0.5, 0.6) is 11.5 Å². The second-order valence-electron chi connectivity index (χ2n) is 4.11. The van der Waals surface area contributed by atoms with Crippen molar-refractivity contribution in [2.45, 2.75) is 19.1 Å². The standard InChI is InChI=1S/C13H19NO3/c1-9(15-3)13(14-2)10-4-5-11-12(8-10)17-7-6-16-11/h4-5,8-9,13-14H,6-7H2,1-3H3. The highest BCUT2D eigenvalue weighted by Crippen LogP contribution is 2.33. The number of rotatable bonds is 4. The number of likely N-dealkylation sites (N-methyl/N-ethyl adjacent to an activating group) is 1. The van der Waals surface area contributed by atoms with Crippen LogP contribution in [0.2, 0.25) is 0 Å². The van der Waals surface area contributed by atoms with Crippen molar-refractivity contribution in [2.75, 3.05) is 27.4 Å². The van der Waals surface area contributed by atoms with Gasteiger partial charge < -0.3 is 19.5 Å². The SMILES string of the molecule is CNC(c1ccc2c(c1)OCCO2)C(C)OC. The number of hydrogen-bond acceptors (Lipinski definition) is 4. The summed E-state index contributed by atoms with van der Waals surface area (Å²) in [6.07, 6.45) is 0.0996. The van der Waals surface area contributed by atoms with E-state index in [4.69, 9.17) is 14.2 Å². The van der Waals surface area contributed by atoms with Gasteiger partial charge in [-0.25, -0.2) is 0 Å². The van der Waals surface area contributed by atoms with Gasteiger partial charge in [-0.1, -0.05) is 6.07 Å². The molecule has 94 valence electrons. The number of nitrogens with one attached hydrogen (secondary N) is 1. The Labute approximate surface area is 102 Å². The minimum atomic E-state index is 0.0996. The van der Waals surface area contributed by atoms with Gasteiger partial charge in [0.15, 0.2) is 11.5 Å². The molecule has 0 saturated carbocycles. The summed E-state index contributed by atoms with van der Waals surface area (Å²) >= 11 is 0. The van der Waals surface area contributed by atoms with Gasteiger partial charge in [-0.05, 0) is 31.7 Å². The lowest BCUT2D eigenvalue weighted by molar-refractivity contribution is 0.0854. The van der Waals surface area contributed by atoms with Gasteiger partial charge in [0.1, 0.15) is 13.2 Å². The van der Waals surface area contributed by atoms with Crippen molar-refractivity contribution in [3.8, 4) is 11.5 Å². The van der Waals surface area contributed by atoms with Crippen LogP contribution < -0.4 is 14.8 Å². The van der Waals surface area contributed by atoms with E-state index in [0.29, 0.717) is 13.2 Å². The van der Waals surface area contributed by atoms with Crippen LogP contribution >= 0.6 is 0 Å². The molecule has 4 heteroatoms. The third-order valence-corrected chi connectivity index (χ3v) is 3.08. The van der Waals surface area contributed by atoms with Crippen LogP contribution in [-0.2, 0) is 4.74 Å². The molecular weight excluding hydrogens is 218 g/mol. The molecule has 17 heavy (non-hydrogen) atoms. The first-order valence-corrected chi connectivity index (χ1v) is 5.86. The summed E-state index contributed by atoms with van der Waals surface area (Å²) in [5.41, 5.74) is 1.14. The number of methoxy groups -OCH3 is 1. The summed E-state index contributed by atoms with van der Waals surface area (Å²) in [5.74, 6) is 1.64. The van der Waals surface area contributed by atoms with Crippen molar-refractivity contribution in [2.24, 2.45) is 0 Å². The maximum Gasteiger partial charge on any atom is 0.161 e. The number of benzene rings is 1. The zero-order chi connectivity index (χ0) is 12.3. The van der Waals surface area contributed by atoms with E-state index in [1.54, 1.807) is 7.11 Å². The number of fused-ring (bicyclic) bond motifs is 1. The van der Waals surface area contributed by atoms with E-state index in [-0.39, 0.29) is 12.1 Å². The van der Waals surface area contributed by atoms with Crippen LogP contribution in [0.1, 0.15) is 18.5 Å². The van der Waals surface area contributed by atoms with Crippen molar-refractivity contribution in [1.82, 2.24) is 5.32 Å². The monoisotopic (exact) mass is 237 g/mol. The maximum absolute atomic E-state index is 5.58. The van der Waals surface area contributed by atoms with Gasteiger partial charge >= 0.3 is 0 Å². The summed E-state index contributed by atoms with van der Waals surface area (Å²) in [7, 11) is 3.64. The van der Waals surface area contributed by atoms with Crippen molar-refractivity contribution < 1.29 is 14.2 Å². The number of ether oxygens (including phenoxy) is 3. The summed E-state index contributed by atoms with van der Waals surface area (Å²) in [6, 6.07) is 6.17. The maximum atomic E-state index is 5.58. The molecule has 1 aromatic rings. The smallest absolute Gasteiger partial charge is 0.161 e. The zero-order valence-corrected chi connectivity index (χ0v) is 10.5. The van der Waals surface area contributed by atoms with E-state index >= 15 is 0 Å². The normalized spacial score (nSPS) is 17.6. The van der Waals surface area contributed by atoms with Crippen LogP contribution in [0.25, 0.3) is 0 Å². The summed E-state index contributed by atoms with van der Waals surface area (Å²) in [4.78, 5) is 0. The van der Waals surface area contributed by atoms with Gasteiger partial charge in [0.25, 0.3) is 0 Å². The molecule has 0 bridgehead atoms. The molecule has 0 amide bonds. The predicted octanol–water partition coefficient (Wildman–Crippen LogP) is 1.75. The molecule has 4 nitrogen and oxygen atoms in total. The third kappa shape index (κ3) is 2.53. The Morgan fingerprint density at radius 1 is 1.24 bits per heavy atom. The lowest BCUT2D eigenvalue weighted by atomic mass is 10.0. The predicted molar refractivity (Wildman–Crippen MR) is 65.7 cm³/mol. The molecule has 2 atom stereocenters. The molecule has 0 aliphatic carbocycles. The second kappa shape index (κ2) is 5.38. The average molecular weight is 237 g/mol. The first kappa shape index (κ1) is 12.2. The molecule has 0 saturated heterocycles. The Kier molecular flexibility index (Phi) is 3.86. The molecule has 0 spiro atoms. The Morgan fingerprint density at radius 3 is 2.59 bits per heavy atom. The largest absolute Gasteiger partial charge is 0.486 e. The van der Waals surface area contributed by atoms with Gasteiger partial charge in [-0.15, -0.1) is 0 Å². The first-order chi connectivity index (χ1) is 8.26. The van der Waals surface area contributed by atoms with Crippen LogP contribution in [0.3, 0.4) is 0 Å². The van der Waals surface area contributed by atoms with Gasteiger partial charge in [-0.2, -0.15) is 0 Å². The highest BCUT2D eigenvalue weighted by molar-refractivity contribution is 5.44. The van der Waals surface area contributed by atoms with E-state index in [0.717, 1.165) is 17.1 Å². The average Bonchev–Trinajstić information content (AvgIpc) is 2.39. The van der Waals surface area contributed by atoms with Crippen LogP contribution in [0.4, 0.5) is 0 Å². The lowest BCUT2D eigenvalue weighted by Crippen LogP contribution is -2.28. The van der Waals surface area contributed by atoms with Crippen molar-refractivity contribution in [3.05, 3.63) is 23.8 Å². The Morgan fingerprint density at radius 2 is 1.94 bits per heavy atom. The molecule has 2 unspecified atom stereocenters. The summed E-state index contributed by atoms with van der Waals surface area (Å²) in [6.45, 7) is 3.27. The summed E-state index contributed by atoms with van der Waals surface area (Å²) in [5, 5.41) is 3.25. The quantitative estimate of drug-likeness (QED) is 0.866. The highest BCUT2D eigenvalue weighted by atomic mass is 16.6. The van der Waals surface area contributed by atoms with E-state index in [9.17, 15) is 0 Å². The van der Waals surface area contributed by atoms with Gasteiger partial charge in [-0.3, -0.25) is 0 Å². The van der Waals surface area contributed by atoms with Gasteiger partial charge in [0, 0.05) is 7.11 Å². The van der Waals surface area contributed by atoms with Gasteiger partial charge in [0.05, 0.1) is 12.1 Å². The van der Waals surface area contributed by atoms with E-state index in [1.165, 1.54) is 0 Å². The van der Waals surface area contributed by atoms with E-state index in [2.05, 4.69) is 5.32 Å². The molecule has 2 rings (SSSR count). The molecule has 0 radical (unpaired) electrons. The fraction of sp³-hybridized carbons (Fsp3) is 0.538. The topological polar surface area (TPSA) is 39.7 Å². The minimum Gasteiger partial charge on any atom is -0.486 e. The van der Waals surface area contributed by atoms with E-state index in [1.807, 2.05) is 32.2 Å². The van der Waals surface area contributed by atoms with Gasteiger partial charge in [0.2, 0.25) is 0 Å². The minimum absolute atomic E-state index is 0.0996. The molecule has 1 heterocycles. The lowest BCUT2D eigenvalue weighted by Gasteiger charge is -2.25. The van der Waals surface area contributed by atoms with E-state index < -0.39 is 0 Å². The molecular formula is C13H19NO3. The number of hydrogen-bond donors (Lipinski definition) is 1. The van der Waals surface area contributed by atoms with Crippen LogP contribution in [0.15, 0.2) is 18.2 Å². The molecule has 1 aliphatic rings. The first-order valence-electron chi connectivity index (χ1n) is 5.86.